The second kappa shape index (κ2) is 3.94. The van der Waals surface area contributed by atoms with Crippen molar-refractivity contribution in [2.24, 2.45) is 11.5 Å². The topological polar surface area (TPSA) is 82.0 Å². The number of nitrogens with zero attached hydrogens (tertiary/aromatic N) is 1. The summed E-state index contributed by atoms with van der Waals surface area (Å²) in [6.45, 7) is 0.329. The summed E-state index contributed by atoms with van der Waals surface area (Å²) in [5.74, 6) is 0. The first-order chi connectivity index (χ1) is 5.77. The molecule has 64 valence electrons. The van der Waals surface area contributed by atoms with Gasteiger partial charge in [-0.25, -0.2) is 4.98 Å². The molecular formula is C8H11N3O. The van der Waals surface area contributed by atoms with Gasteiger partial charge in [-0.3, -0.25) is 4.79 Å². The van der Waals surface area contributed by atoms with Crippen molar-refractivity contribution in [2.75, 3.05) is 6.54 Å². The fourth-order valence-corrected chi connectivity index (χ4v) is 0.862. The molecule has 0 aromatic carbocycles. The number of nitrogens with two attached hydrogens (primary N) is 2. The van der Waals surface area contributed by atoms with E-state index >= 15 is 0 Å². The number of carbonyl (C=O) groups is 1. The molecule has 1 heterocycles. The molecule has 1 rings (SSSR count). The van der Waals surface area contributed by atoms with E-state index in [0.29, 0.717) is 24.2 Å². The van der Waals surface area contributed by atoms with Crippen LogP contribution in [0.15, 0.2) is 18.2 Å². The largest absolute Gasteiger partial charge is 0.329 e. The third-order valence-corrected chi connectivity index (χ3v) is 1.55. The van der Waals surface area contributed by atoms with Crippen LogP contribution in [0.2, 0.25) is 0 Å². The Balaban J connectivity index is 2.93. The number of pyridine rings is 1. The zero-order chi connectivity index (χ0) is 8.97. The summed E-state index contributed by atoms with van der Waals surface area (Å²) in [6, 6.07) is 4.83. The molecule has 0 amide bonds. The average Bonchev–Trinajstić information content (AvgIpc) is 2.17. The van der Waals surface area contributed by atoms with Gasteiger partial charge in [-0.2, -0.15) is 0 Å². The van der Waals surface area contributed by atoms with Gasteiger partial charge in [0, 0.05) is 6.54 Å². The van der Waals surface area contributed by atoms with E-state index in [2.05, 4.69) is 4.98 Å². The first-order valence-electron chi connectivity index (χ1n) is 3.65. The third kappa shape index (κ3) is 1.87. The molecule has 0 aliphatic heterocycles. The highest BCUT2D eigenvalue weighted by Gasteiger charge is 2.04. The third-order valence-electron chi connectivity index (χ3n) is 1.55. The lowest BCUT2D eigenvalue weighted by Crippen LogP contribution is -2.22. The van der Waals surface area contributed by atoms with Crippen molar-refractivity contribution in [3.63, 3.8) is 0 Å². The molecule has 0 fully saturated rings. The molecule has 0 radical (unpaired) electrons. The molecule has 4 N–H and O–H groups in total. The van der Waals surface area contributed by atoms with Crippen molar-refractivity contribution in [2.45, 2.75) is 6.04 Å². The quantitative estimate of drug-likeness (QED) is 0.610. The van der Waals surface area contributed by atoms with Gasteiger partial charge in [-0.05, 0) is 12.1 Å². The molecule has 12 heavy (non-hydrogen) atoms. The van der Waals surface area contributed by atoms with Gasteiger partial charge in [0.05, 0.1) is 11.7 Å². The van der Waals surface area contributed by atoms with Crippen LogP contribution in [0.3, 0.4) is 0 Å². The number of rotatable bonds is 3. The molecule has 1 aromatic rings. The highest BCUT2D eigenvalue weighted by molar-refractivity contribution is 5.71. The van der Waals surface area contributed by atoms with Gasteiger partial charge < -0.3 is 11.5 Å². The first kappa shape index (κ1) is 8.83. The monoisotopic (exact) mass is 165 g/mol. The summed E-state index contributed by atoms with van der Waals surface area (Å²) in [5, 5.41) is 0. The maximum atomic E-state index is 10.3. The van der Waals surface area contributed by atoms with Gasteiger partial charge in [-0.1, -0.05) is 6.07 Å². The summed E-state index contributed by atoms with van der Waals surface area (Å²) >= 11 is 0. The Bertz CT molecular complexity index is 275. The number of aromatic nitrogens is 1. The lowest BCUT2D eigenvalue weighted by atomic mass is 10.2. The Morgan fingerprint density at radius 1 is 1.58 bits per heavy atom. The van der Waals surface area contributed by atoms with Gasteiger partial charge in [0.25, 0.3) is 0 Å². The van der Waals surface area contributed by atoms with E-state index in [4.69, 9.17) is 11.5 Å². The highest BCUT2D eigenvalue weighted by Crippen LogP contribution is 2.05. The Morgan fingerprint density at radius 3 is 2.92 bits per heavy atom. The summed E-state index contributed by atoms with van der Waals surface area (Å²) < 4.78 is 0. The standard InChI is InChI=1S/C8H11N3O/c9-4-7(10)8-3-1-2-6(5-12)11-8/h1-3,5,7H,4,9-10H2/t7-/m1/s1. The predicted octanol–water partition coefficient (Wildman–Crippen LogP) is -0.147. The minimum Gasteiger partial charge on any atom is -0.329 e. The Kier molecular flexibility index (Phi) is 2.90. The second-order valence-electron chi connectivity index (χ2n) is 2.45. The lowest BCUT2D eigenvalue weighted by molar-refractivity contribution is 0.111. The zero-order valence-corrected chi connectivity index (χ0v) is 6.60. The van der Waals surface area contributed by atoms with E-state index in [0.717, 1.165) is 0 Å². The summed E-state index contributed by atoms with van der Waals surface area (Å²) in [7, 11) is 0. The van der Waals surface area contributed by atoms with E-state index in [1.807, 2.05) is 0 Å². The fourth-order valence-electron chi connectivity index (χ4n) is 0.862. The predicted molar refractivity (Wildman–Crippen MR) is 45.6 cm³/mol. The Hall–Kier alpha value is -1.26. The molecule has 0 aliphatic carbocycles. The van der Waals surface area contributed by atoms with Crippen LogP contribution in [0, 0.1) is 0 Å². The molecule has 4 heteroatoms. The van der Waals surface area contributed by atoms with Crippen molar-refractivity contribution < 1.29 is 4.79 Å². The Morgan fingerprint density at radius 2 is 2.33 bits per heavy atom. The summed E-state index contributed by atoms with van der Waals surface area (Å²) in [6.07, 6.45) is 0.687. The summed E-state index contributed by atoms with van der Waals surface area (Å²) in [4.78, 5) is 14.3. The second-order valence-corrected chi connectivity index (χ2v) is 2.45. The lowest BCUT2D eigenvalue weighted by Gasteiger charge is -2.07. The van der Waals surface area contributed by atoms with E-state index in [9.17, 15) is 4.79 Å². The van der Waals surface area contributed by atoms with Gasteiger partial charge in [0.2, 0.25) is 0 Å². The van der Waals surface area contributed by atoms with Crippen LogP contribution in [0.5, 0.6) is 0 Å². The molecule has 0 saturated carbocycles. The van der Waals surface area contributed by atoms with Crippen LogP contribution in [-0.4, -0.2) is 17.8 Å². The number of aldehydes is 1. The first-order valence-corrected chi connectivity index (χ1v) is 3.65. The molecule has 0 bridgehead atoms. The summed E-state index contributed by atoms with van der Waals surface area (Å²) in [5.41, 5.74) is 12.0. The van der Waals surface area contributed by atoms with Crippen molar-refractivity contribution in [3.8, 4) is 0 Å². The Labute approximate surface area is 70.6 Å². The smallest absolute Gasteiger partial charge is 0.168 e. The van der Waals surface area contributed by atoms with Crippen molar-refractivity contribution in [1.82, 2.24) is 4.98 Å². The molecule has 0 unspecified atom stereocenters. The van der Waals surface area contributed by atoms with Gasteiger partial charge >= 0.3 is 0 Å². The molecule has 1 atom stereocenters. The number of hydrogen-bond donors (Lipinski definition) is 2. The van der Waals surface area contributed by atoms with Crippen molar-refractivity contribution >= 4 is 6.29 Å². The SMILES string of the molecule is NC[C@@H](N)c1cccc(C=O)n1. The highest BCUT2D eigenvalue weighted by atomic mass is 16.1. The van der Waals surface area contributed by atoms with Crippen LogP contribution in [0.1, 0.15) is 22.2 Å². The molecule has 4 nitrogen and oxygen atoms in total. The molecule has 0 aliphatic rings. The number of carbonyl (C=O) groups excluding carboxylic acids is 1. The van der Waals surface area contributed by atoms with E-state index in [-0.39, 0.29) is 6.04 Å². The number of hydrogen-bond acceptors (Lipinski definition) is 4. The molecular weight excluding hydrogens is 154 g/mol. The zero-order valence-electron chi connectivity index (χ0n) is 6.60. The van der Waals surface area contributed by atoms with Crippen LogP contribution >= 0.6 is 0 Å². The van der Waals surface area contributed by atoms with E-state index in [1.165, 1.54) is 0 Å². The minimum atomic E-state index is -0.287. The normalized spacial score (nSPS) is 12.5. The van der Waals surface area contributed by atoms with Gasteiger partial charge in [-0.15, -0.1) is 0 Å². The van der Waals surface area contributed by atoms with Crippen LogP contribution in [0.4, 0.5) is 0 Å². The van der Waals surface area contributed by atoms with E-state index < -0.39 is 0 Å². The van der Waals surface area contributed by atoms with Crippen molar-refractivity contribution in [3.05, 3.63) is 29.6 Å². The minimum absolute atomic E-state index is 0.287. The maximum absolute atomic E-state index is 10.3. The molecule has 1 aromatic heterocycles. The van der Waals surface area contributed by atoms with Gasteiger partial charge in [0.1, 0.15) is 5.69 Å². The fraction of sp³-hybridized carbons (Fsp3) is 0.250. The maximum Gasteiger partial charge on any atom is 0.168 e. The van der Waals surface area contributed by atoms with Gasteiger partial charge in [0.15, 0.2) is 6.29 Å². The van der Waals surface area contributed by atoms with Crippen LogP contribution in [-0.2, 0) is 0 Å². The average molecular weight is 165 g/mol. The molecule has 0 spiro atoms. The van der Waals surface area contributed by atoms with Crippen LogP contribution in [0.25, 0.3) is 0 Å². The van der Waals surface area contributed by atoms with E-state index in [1.54, 1.807) is 18.2 Å². The van der Waals surface area contributed by atoms with Crippen LogP contribution < -0.4 is 11.5 Å². The van der Waals surface area contributed by atoms with Crippen molar-refractivity contribution in [1.29, 1.82) is 0 Å². The molecule has 0 saturated heterocycles.